The average Bonchev–Trinajstić information content (AvgIpc) is 2.71. The van der Waals surface area contributed by atoms with Gasteiger partial charge in [0.15, 0.2) is 0 Å². The number of benzene rings is 2. The third-order valence-electron chi connectivity index (χ3n) is 4.46. The summed E-state index contributed by atoms with van der Waals surface area (Å²) < 4.78 is 5.13. The highest BCUT2D eigenvalue weighted by molar-refractivity contribution is 5.88. The molecule has 0 saturated heterocycles. The molecule has 0 fully saturated rings. The van der Waals surface area contributed by atoms with Crippen LogP contribution >= 0.6 is 0 Å². The number of amides is 2. The normalized spacial score (nSPS) is 11.4. The van der Waals surface area contributed by atoms with Gasteiger partial charge in [0.25, 0.3) is 5.69 Å². The number of nitro groups is 1. The van der Waals surface area contributed by atoms with Crippen LogP contribution in [-0.4, -0.2) is 41.8 Å². The molecule has 1 unspecified atom stereocenters. The fraction of sp³-hybridized carbons (Fsp3) is 0.300. The minimum absolute atomic E-state index is 0.118. The van der Waals surface area contributed by atoms with E-state index >= 15 is 0 Å². The zero-order valence-electron chi connectivity index (χ0n) is 16.0. The van der Waals surface area contributed by atoms with E-state index in [1.807, 2.05) is 0 Å². The molecule has 2 aromatic rings. The van der Waals surface area contributed by atoms with Gasteiger partial charge < -0.3 is 15.0 Å². The van der Waals surface area contributed by atoms with Crippen LogP contribution in [0.15, 0.2) is 48.5 Å². The molecule has 8 nitrogen and oxygen atoms in total. The lowest BCUT2D eigenvalue weighted by Crippen LogP contribution is -2.47. The standard InChI is InChI=1S/C20H23N3O5/c1-14(20(25)21-2)22(13-15-8-10-17(28-3)11-9-15)19(24)12-16-6-4-5-7-18(16)23(26)27/h4-11,14H,12-13H2,1-3H3,(H,21,25). The highest BCUT2D eigenvalue weighted by Gasteiger charge is 2.27. The van der Waals surface area contributed by atoms with Crippen molar-refractivity contribution in [3.8, 4) is 5.75 Å². The summed E-state index contributed by atoms with van der Waals surface area (Å²) in [4.78, 5) is 37.2. The summed E-state index contributed by atoms with van der Waals surface area (Å²) in [7, 11) is 3.06. The van der Waals surface area contributed by atoms with Crippen LogP contribution in [0.3, 0.4) is 0 Å². The second-order valence-electron chi connectivity index (χ2n) is 6.22. The number of hydrogen-bond acceptors (Lipinski definition) is 5. The van der Waals surface area contributed by atoms with Crippen molar-refractivity contribution >= 4 is 17.5 Å². The number of carbonyl (C=O) groups is 2. The van der Waals surface area contributed by atoms with Crippen LogP contribution in [0.1, 0.15) is 18.1 Å². The van der Waals surface area contributed by atoms with Crippen molar-refractivity contribution in [3.05, 3.63) is 69.8 Å². The van der Waals surface area contributed by atoms with Gasteiger partial charge in [-0.1, -0.05) is 30.3 Å². The third kappa shape index (κ3) is 5.06. The van der Waals surface area contributed by atoms with Crippen LogP contribution in [-0.2, 0) is 22.6 Å². The number of carbonyl (C=O) groups excluding carboxylic acids is 2. The highest BCUT2D eigenvalue weighted by Crippen LogP contribution is 2.21. The Morgan fingerprint density at radius 1 is 1.18 bits per heavy atom. The van der Waals surface area contributed by atoms with Gasteiger partial charge in [-0.2, -0.15) is 0 Å². The number of methoxy groups -OCH3 is 1. The number of rotatable bonds is 8. The van der Waals surface area contributed by atoms with Gasteiger partial charge in [-0.3, -0.25) is 19.7 Å². The first-order chi connectivity index (χ1) is 13.4. The van der Waals surface area contributed by atoms with Crippen LogP contribution in [0.2, 0.25) is 0 Å². The molecule has 1 atom stereocenters. The van der Waals surface area contributed by atoms with E-state index in [9.17, 15) is 19.7 Å². The number of ether oxygens (including phenoxy) is 1. The van der Waals surface area contributed by atoms with E-state index in [2.05, 4.69) is 5.32 Å². The van der Waals surface area contributed by atoms with E-state index in [1.54, 1.807) is 56.5 Å². The maximum Gasteiger partial charge on any atom is 0.273 e. The fourth-order valence-electron chi connectivity index (χ4n) is 2.82. The minimum Gasteiger partial charge on any atom is -0.497 e. The van der Waals surface area contributed by atoms with Gasteiger partial charge in [0.1, 0.15) is 11.8 Å². The summed E-state index contributed by atoms with van der Waals surface area (Å²) in [6.45, 7) is 1.82. The fourth-order valence-corrected chi connectivity index (χ4v) is 2.82. The van der Waals surface area contributed by atoms with Gasteiger partial charge in [-0.25, -0.2) is 0 Å². The number of likely N-dealkylation sites (N-methyl/N-ethyl adjacent to an activating group) is 1. The van der Waals surface area contributed by atoms with Crippen LogP contribution in [0.5, 0.6) is 5.75 Å². The smallest absolute Gasteiger partial charge is 0.273 e. The molecule has 2 amide bonds. The molecule has 0 aromatic heterocycles. The molecule has 0 spiro atoms. The van der Waals surface area contributed by atoms with Gasteiger partial charge in [-0.05, 0) is 24.6 Å². The summed E-state index contributed by atoms with van der Waals surface area (Å²) in [6.07, 6.45) is -0.172. The van der Waals surface area contributed by atoms with Crippen LogP contribution < -0.4 is 10.1 Å². The molecule has 1 N–H and O–H groups in total. The zero-order chi connectivity index (χ0) is 20.7. The first kappa shape index (κ1) is 20.9. The van der Waals surface area contributed by atoms with Gasteiger partial charge >= 0.3 is 0 Å². The quantitative estimate of drug-likeness (QED) is 0.555. The monoisotopic (exact) mass is 385 g/mol. The van der Waals surface area contributed by atoms with Crippen LogP contribution in [0.4, 0.5) is 5.69 Å². The van der Waals surface area contributed by atoms with Crippen molar-refractivity contribution in [2.45, 2.75) is 25.9 Å². The molecule has 0 aliphatic carbocycles. The topological polar surface area (TPSA) is 102 Å². The Morgan fingerprint density at radius 3 is 2.39 bits per heavy atom. The summed E-state index contributed by atoms with van der Waals surface area (Å²) in [5.41, 5.74) is 1.00. The molecule has 0 saturated carbocycles. The number of nitro benzene ring substituents is 1. The predicted molar refractivity (Wildman–Crippen MR) is 104 cm³/mol. The molecule has 28 heavy (non-hydrogen) atoms. The lowest BCUT2D eigenvalue weighted by molar-refractivity contribution is -0.385. The van der Waals surface area contributed by atoms with Crippen LogP contribution in [0, 0.1) is 10.1 Å². The lowest BCUT2D eigenvalue weighted by Gasteiger charge is -2.28. The Bertz CT molecular complexity index is 851. The molecule has 0 heterocycles. The number of hydrogen-bond donors (Lipinski definition) is 1. The van der Waals surface area contributed by atoms with E-state index in [1.165, 1.54) is 18.0 Å². The van der Waals surface area contributed by atoms with Gasteiger partial charge in [0.2, 0.25) is 11.8 Å². The number of nitrogens with one attached hydrogen (secondary N) is 1. The molecule has 0 bridgehead atoms. The van der Waals surface area contributed by atoms with E-state index in [0.717, 1.165) is 5.56 Å². The maximum absolute atomic E-state index is 13.0. The largest absolute Gasteiger partial charge is 0.497 e. The van der Waals surface area contributed by atoms with Crippen molar-refractivity contribution < 1.29 is 19.2 Å². The van der Waals surface area contributed by atoms with E-state index < -0.39 is 11.0 Å². The Balaban J connectivity index is 2.28. The highest BCUT2D eigenvalue weighted by atomic mass is 16.6. The molecule has 148 valence electrons. The Kier molecular flexibility index (Phi) is 7.08. The molecule has 0 aliphatic heterocycles. The molecule has 2 rings (SSSR count). The van der Waals surface area contributed by atoms with Gasteiger partial charge in [0, 0.05) is 25.2 Å². The lowest BCUT2D eigenvalue weighted by atomic mass is 10.1. The summed E-state index contributed by atoms with van der Waals surface area (Å²) in [6, 6.07) is 12.5. The molecular formula is C20H23N3O5. The van der Waals surface area contributed by atoms with E-state index in [4.69, 9.17) is 4.74 Å². The van der Waals surface area contributed by atoms with Crippen LogP contribution in [0.25, 0.3) is 0 Å². The second-order valence-corrected chi connectivity index (χ2v) is 6.22. The maximum atomic E-state index is 13.0. The molecule has 2 aromatic carbocycles. The van der Waals surface area contributed by atoms with Crippen molar-refractivity contribution in [1.29, 1.82) is 0 Å². The van der Waals surface area contributed by atoms with Gasteiger partial charge in [-0.15, -0.1) is 0 Å². The average molecular weight is 385 g/mol. The zero-order valence-corrected chi connectivity index (χ0v) is 16.0. The Hall–Kier alpha value is -3.42. The van der Waals surface area contributed by atoms with Crippen molar-refractivity contribution in [2.24, 2.45) is 0 Å². The third-order valence-corrected chi connectivity index (χ3v) is 4.46. The van der Waals surface area contributed by atoms with Gasteiger partial charge in [0.05, 0.1) is 18.5 Å². The summed E-state index contributed by atoms with van der Waals surface area (Å²) in [5.74, 6) is -0.00784. The van der Waals surface area contributed by atoms with Crippen molar-refractivity contribution in [1.82, 2.24) is 10.2 Å². The first-order valence-corrected chi connectivity index (χ1v) is 8.73. The number of para-hydroxylation sites is 1. The summed E-state index contributed by atoms with van der Waals surface area (Å²) >= 11 is 0. The Labute approximate surface area is 163 Å². The second kappa shape index (κ2) is 9.50. The minimum atomic E-state index is -0.734. The van der Waals surface area contributed by atoms with E-state index in [0.29, 0.717) is 11.3 Å². The first-order valence-electron chi connectivity index (χ1n) is 8.73. The molecule has 8 heteroatoms. The predicted octanol–water partition coefficient (Wildman–Crippen LogP) is 2.31. The molecular weight excluding hydrogens is 362 g/mol. The molecule has 0 aliphatic rings. The van der Waals surface area contributed by atoms with Crippen molar-refractivity contribution in [3.63, 3.8) is 0 Å². The van der Waals surface area contributed by atoms with E-state index in [-0.39, 0.29) is 30.5 Å². The Morgan fingerprint density at radius 2 is 1.82 bits per heavy atom. The molecule has 0 radical (unpaired) electrons. The van der Waals surface area contributed by atoms with Crippen molar-refractivity contribution in [2.75, 3.05) is 14.2 Å². The number of nitrogens with zero attached hydrogens (tertiary/aromatic N) is 2. The SMILES string of the molecule is CNC(=O)C(C)N(Cc1ccc(OC)cc1)C(=O)Cc1ccccc1[N+](=O)[O-]. The summed E-state index contributed by atoms with van der Waals surface area (Å²) in [5, 5.41) is 13.8.